The van der Waals surface area contributed by atoms with Crippen molar-refractivity contribution in [3.05, 3.63) is 41.7 Å². The van der Waals surface area contributed by atoms with Crippen molar-refractivity contribution < 1.29 is 9.59 Å². The van der Waals surface area contributed by atoms with Crippen molar-refractivity contribution in [2.75, 3.05) is 26.2 Å². The Morgan fingerprint density at radius 3 is 2.43 bits per heavy atom. The van der Waals surface area contributed by atoms with Gasteiger partial charge in [0.2, 0.25) is 5.91 Å². The fraction of sp³-hybridized carbons (Fsp3) is 0.400. The van der Waals surface area contributed by atoms with Crippen molar-refractivity contribution in [2.45, 2.75) is 13.5 Å². The Morgan fingerprint density at radius 2 is 1.78 bits per heavy atom. The quantitative estimate of drug-likeness (QED) is 0.794. The van der Waals surface area contributed by atoms with Crippen LogP contribution in [0.3, 0.4) is 0 Å². The van der Waals surface area contributed by atoms with E-state index in [4.69, 9.17) is 0 Å². The van der Waals surface area contributed by atoms with Crippen LogP contribution in [0, 0.1) is 6.92 Å². The minimum Gasteiger partial charge on any atom is -0.338 e. The molecule has 3 rings (SSSR count). The van der Waals surface area contributed by atoms with E-state index in [1.807, 2.05) is 31.2 Å². The number of hydrogen-bond donors (Lipinski definition) is 0. The van der Waals surface area contributed by atoms with Crippen LogP contribution in [-0.4, -0.2) is 68.0 Å². The molecule has 23 heavy (non-hydrogen) atoms. The molecule has 8 heteroatoms. The minimum absolute atomic E-state index is 0.0238. The first-order chi connectivity index (χ1) is 11.1. The van der Waals surface area contributed by atoms with E-state index in [-0.39, 0.29) is 18.4 Å². The van der Waals surface area contributed by atoms with Crippen molar-refractivity contribution >= 4 is 11.8 Å². The molecule has 1 fully saturated rings. The molecule has 0 atom stereocenters. The first-order valence-electron chi connectivity index (χ1n) is 7.48. The molecule has 0 bridgehead atoms. The second-order valence-electron chi connectivity index (χ2n) is 5.50. The van der Waals surface area contributed by atoms with Gasteiger partial charge in [-0.15, -0.1) is 5.10 Å². The van der Waals surface area contributed by atoms with Gasteiger partial charge in [-0.2, -0.15) is 0 Å². The molecule has 1 aliphatic rings. The number of carbonyl (C=O) groups is 2. The zero-order valence-corrected chi connectivity index (χ0v) is 12.9. The van der Waals surface area contributed by atoms with Gasteiger partial charge in [0.15, 0.2) is 0 Å². The van der Waals surface area contributed by atoms with Crippen molar-refractivity contribution in [2.24, 2.45) is 0 Å². The Hall–Kier alpha value is -2.77. The van der Waals surface area contributed by atoms with Crippen LogP contribution < -0.4 is 0 Å². The number of rotatable bonds is 3. The monoisotopic (exact) mass is 314 g/mol. The molecule has 8 nitrogen and oxygen atoms in total. The lowest BCUT2D eigenvalue weighted by Crippen LogP contribution is -2.51. The lowest BCUT2D eigenvalue weighted by Gasteiger charge is -2.35. The molecule has 0 aliphatic carbocycles. The van der Waals surface area contributed by atoms with Gasteiger partial charge in [-0.1, -0.05) is 18.2 Å². The second-order valence-corrected chi connectivity index (χ2v) is 5.50. The van der Waals surface area contributed by atoms with E-state index in [0.717, 1.165) is 11.1 Å². The predicted molar refractivity (Wildman–Crippen MR) is 81.5 cm³/mol. The van der Waals surface area contributed by atoms with Gasteiger partial charge >= 0.3 is 0 Å². The van der Waals surface area contributed by atoms with E-state index < -0.39 is 0 Å². The molecule has 1 aromatic heterocycles. The van der Waals surface area contributed by atoms with Crippen LogP contribution >= 0.6 is 0 Å². The summed E-state index contributed by atoms with van der Waals surface area (Å²) in [5, 5.41) is 10.7. The van der Waals surface area contributed by atoms with E-state index >= 15 is 0 Å². The summed E-state index contributed by atoms with van der Waals surface area (Å²) in [4.78, 5) is 28.3. The molecule has 1 saturated heterocycles. The molecule has 120 valence electrons. The highest BCUT2D eigenvalue weighted by atomic mass is 16.2. The summed E-state index contributed by atoms with van der Waals surface area (Å²) in [5.74, 6) is -0.0176. The highest BCUT2D eigenvalue weighted by molar-refractivity contribution is 5.95. The second kappa shape index (κ2) is 6.55. The van der Waals surface area contributed by atoms with Gasteiger partial charge in [0.1, 0.15) is 12.9 Å². The van der Waals surface area contributed by atoms with Gasteiger partial charge in [0, 0.05) is 31.7 Å². The molecule has 2 heterocycles. The summed E-state index contributed by atoms with van der Waals surface area (Å²) < 4.78 is 1.40. The molecular formula is C15H18N6O2. The fourth-order valence-corrected chi connectivity index (χ4v) is 2.63. The molecule has 0 saturated carbocycles. The zero-order valence-electron chi connectivity index (χ0n) is 12.9. The van der Waals surface area contributed by atoms with E-state index in [1.54, 1.807) is 9.80 Å². The third-order valence-electron chi connectivity index (χ3n) is 3.98. The summed E-state index contributed by atoms with van der Waals surface area (Å²) in [6.45, 7) is 4.18. The van der Waals surface area contributed by atoms with Crippen LogP contribution in [0.4, 0.5) is 0 Å². The lowest BCUT2D eigenvalue weighted by molar-refractivity contribution is -0.133. The molecule has 0 spiro atoms. The molecule has 2 amide bonds. The number of piperazine rings is 1. The number of benzene rings is 1. The number of hydrogen-bond acceptors (Lipinski definition) is 5. The van der Waals surface area contributed by atoms with Gasteiger partial charge in [-0.3, -0.25) is 9.59 Å². The first kappa shape index (κ1) is 15.1. The van der Waals surface area contributed by atoms with Gasteiger partial charge in [0.05, 0.1) is 0 Å². The zero-order chi connectivity index (χ0) is 16.2. The van der Waals surface area contributed by atoms with Crippen molar-refractivity contribution in [1.29, 1.82) is 0 Å². The highest BCUT2D eigenvalue weighted by Crippen LogP contribution is 2.13. The topological polar surface area (TPSA) is 84.2 Å². The number of carbonyl (C=O) groups excluding carboxylic acids is 2. The Balaban J connectivity index is 1.57. The maximum absolute atomic E-state index is 12.5. The number of tetrazole rings is 1. The maximum Gasteiger partial charge on any atom is 0.254 e. The number of aryl methyl sites for hydroxylation is 1. The largest absolute Gasteiger partial charge is 0.338 e. The maximum atomic E-state index is 12.5. The minimum atomic E-state index is -0.0414. The third kappa shape index (κ3) is 3.36. The Kier molecular flexibility index (Phi) is 4.31. The van der Waals surface area contributed by atoms with Crippen LogP contribution in [0.25, 0.3) is 0 Å². The predicted octanol–water partition coefficient (Wildman–Crippen LogP) is -0.0339. The standard InChI is InChI=1S/C15H18N6O2/c1-12-4-2-3-5-13(12)15(23)20-8-6-19(7-9-20)14(22)10-21-11-16-17-18-21/h2-5,11H,6-10H2,1H3. The van der Waals surface area contributed by atoms with E-state index in [1.165, 1.54) is 11.0 Å². The summed E-state index contributed by atoms with van der Waals surface area (Å²) in [6, 6.07) is 7.56. The normalized spacial score (nSPS) is 14.8. The average molecular weight is 314 g/mol. The van der Waals surface area contributed by atoms with Gasteiger partial charge in [-0.05, 0) is 29.0 Å². The van der Waals surface area contributed by atoms with Crippen LogP contribution in [0.15, 0.2) is 30.6 Å². The average Bonchev–Trinajstić information content (AvgIpc) is 3.08. The highest BCUT2D eigenvalue weighted by Gasteiger charge is 2.25. The van der Waals surface area contributed by atoms with E-state index in [9.17, 15) is 9.59 Å². The van der Waals surface area contributed by atoms with Gasteiger partial charge in [0.25, 0.3) is 5.91 Å². The lowest BCUT2D eigenvalue weighted by atomic mass is 10.1. The SMILES string of the molecule is Cc1ccccc1C(=O)N1CCN(C(=O)Cn2cnnn2)CC1. The summed E-state index contributed by atoms with van der Waals surface area (Å²) in [7, 11) is 0. The van der Waals surface area contributed by atoms with Crippen molar-refractivity contribution in [3.8, 4) is 0 Å². The number of aromatic nitrogens is 4. The number of nitrogens with zero attached hydrogens (tertiary/aromatic N) is 6. The fourth-order valence-electron chi connectivity index (χ4n) is 2.63. The molecule has 0 N–H and O–H groups in total. The van der Waals surface area contributed by atoms with Crippen molar-refractivity contribution in [3.63, 3.8) is 0 Å². The summed E-state index contributed by atoms with van der Waals surface area (Å²) in [5.41, 5.74) is 1.69. The molecule has 0 radical (unpaired) electrons. The van der Waals surface area contributed by atoms with Crippen LogP contribution in [0.1, 0.15) is 15.9 Å². The molecule has 1 aromatic carbocycles. The summed E-state index contributed by atoms with van der Waals surface area (Å²) >= 11 is 0. The Labute approximate surface area is 133 Å². The Bertz CT molecular complexity index is 692. The molecule has 2 aromatic rings. The van der Waals surface area contributed by atoms with E-state index in [2.05, 4.69) is 15.5 Å². The Morgan fingerprint density at radius 1 is 1.09 bits per heavy atom. The molecule has 1 aliphatic heterocycles. The van der Waals surface area contributed by atoms with Crippen LogP contribution in [-0.2, 0) is 11.3 Å². The first-order valence-corrected chi connectivity index (χ1v) is 7.48. The van der Waals surface area contributed by atoms with E-state index in [0.29, 0.717) is 26.2 Å². The molecule has 0 unspecified atom stereocenters. The van der Waals surface area contributed by atoms with Gasteiger partial charge < -0.3 is 9.80 Å². The van der Waals surface area contributed by atoms with Gasteiger partial charge in [-0.25, -0.2) is 4.68 Å². The molecular weight excluding hydrogens is 296 g/mol. The van der Waals surface area contributed by atoms with Crippen LogP contribution in [0.5, 0.6) is 0 Å². The third-order valence-corrected chi connectivity index (χ3v) is 3.98. The number of amides is 2. The smallest absolute Gasteiger partial charge is 0.254 e. The van der Waals surface area contributed by atoms with Crippen LogP contribution in [0.2, 0.25) is 0 Å². The van der Waals surface area contributed by atoms with Crippen molar-refractivity contribution in [1.82, 2.24) is 30.0 Å². The summed E-state index contributed by atoms with van der Waals surface area (Å²) in [6.07, 6.45) is 1.41.